The van der Waals surface area contributed by atoms with Crippen LogP contribution in [0.15, 0.2) is 43.2 Å². The molecule has 7 nitrogen and oxygen atoms in total. The maximum atomic E-state index is 14.6. The van der Waals surface area contributed by atoms with Gasteiger partial charge in [-0.15, -0.1) is 0 Å². The Balaban J connectivity index is 1.58. The number of piperazine rings is 1. The van der Waals surface area contributed by atoms with E-state index < -0.39 is 6.30 Å². The molecule has 1 fully saturated rings. The second kappa shape index (κ2) is 5.21. The van der Waals surface area contributed by atoms with E-state index in [4.69, 9.17) is 0 Å². The van der Waals surface area contributed by atoms with E-state index >= 15 is 0 Å². The average molecular weight is 299 g/mol. The van der Waals surface area contributed by atoms with E-state index in [1.54, 1.807) is 28.4 Å². The van der Waals surface area contributed by atoms with Crippen LogP contribution in [-0.4, -0.2) is 50.5 Å². The molecule has 1 atom stereocenters. The first-order valence-electron chi connectivity index (χ1n) is 7.03. The molecule has 0 aromatic carbocycles. The Labute approximate surface area is 126 Å². The summed E-state index contributed by atoms with van der Waals surface area (Å²) in [4.78, 5) is 18.5. The third-order valence-electron chi connectivity index (χ3n) is 3.74. The summed E-state index contributed by atoms with van der Waals surface area (Å²) in [5, 5.41) is 1.63. The summed E-state index contributed by atoms with van der Waals surface area (Å²) in [6.45, 7) is 1.46. The monoisotopic (exact) mass is 299 g/mol. The summed E-state index contributed by atoms with van der Waals surface area (Å²) in [5.74, 6) is 0.794. The Bertz CT molecular complexity index is 775. The predicted octanol–water partition coefficient (Wildman–Crippen LogP) is 0.975. The minimum Gasteiger partial charge on any atom is -0.350 e. The van der Waals surface area contributed by atoms with E-state index in [1.165, 1.54) is 6.33 Å². The van der Waals surface area contributed by atoms with Crippen LogP contribution in [0.3, 0.4) is 0 Å². The first-order valence-corrected chi connectivity index (χ1v) is 7.03. The van der Waals surface area contributed by atoms with Crippen molar-refractivity contribution in [1.29, 1.82) is 0 Å². The molecule has 0 aliphatic carbocycles. The number of anilines is 1. The van der Waals surface area contributed by atoms with Gasteiger partial charge in [0.2, 0.25) is 6.30 Å². The highest BCUT2D eigenvalue weighted by molar-refractivity contribution is 5.69. The fourth-order valence-electron chi connectivity index (χ4n) is 2.67. The lowest BCUT2D eigenvalue weighted by atomic mass is 10.3. The fraction of sp³-hybridized carbons (Fsp3) is 0.286. The second-order valence-corrected chi connectivity index (χ2v) is 5.05. The molecular weight excluding hydrogens is 285 g/mol. The Hall–Kier alpha value is -2.77. The highest BCUT2D eigenvalue weighted by atomic mass is 19.1. The molecule has 8 heteroatoms. The third kappa shape index (κ3) is 2.12. The summed E-state index contributed by atoms with van der Waals surface area (Å²) < 4.78 is 16.3. The van der Waals surface area contributed by atoms with Crippen molar-refractivity contribution in [2.24, 2.45) is 0 Å². The summed E-state index contributed by atoms with van der Waals surface area (Å²) in [6, 6.07) is 5.65. The molecule has 0 amide bonds. The highest BCUT2D eigenvalue weighted by Gasteiger charge is 2.28. The fourth-order valence-corrected chi connectivity index (χ4v) is 2.67. The van der Waals surface area contributed by atoms with Crippen LogP contribution >= 0.6 is 0 Å². The molecule has 112 valence electrons. The van der Waals surface area contributed by atoms with Crippen LogP contribution in [-0.2, 0) is 0 Å². The second-order valence-electron chi connectivity index (χ2n) is 5.05. The number of hydrogen-bond acceptors (Lipinski definition) is 6. The molecule has 3 aromatic rings. The molecule has 1 aliphatic rings. The standard InChI is InChI=1S/C14H14FN7/c15-12-8-20(13-3-1-2-4-17-13)5-6-21(12)22-10-19-11-7-16-9-18-14(11)22/h1-4,7,9-10,12H,5-6,8H2. The van der Waals surface area contributed by atoms with Crippen LogP contribution < -0.4 is 9.91 Å². The van der Waals surface area contributed by atoms with Crippen molar-refractivity contribution in [3.05, 3.63) is 43.2 Å². The van der Waals surface area contributed by atoms with Crippen LogP contribution in [0.4, 0.5) is 10.2 Å². The van der Waals surface area contributed by atoms with Gasteiger partial charge < -0.3 is 4.90 Å². The Morgan fingerprint density at radius 1 is 1.14 bits per heavy atom. The van der Waals surface area contributed by atoms with Gasteiger partial charge in [-0.05, 0) is 12.1 Å². The zero-order chi connectivity index (χ0) is 14.9. The van der Waals surface area contributed by atoms with Crippen LogP contribution in [0.1, 0.15) is 0 Å². The predicted molar refractivity (Wildman–Crippen MR) is 79.8 cm³/mol. The smallest absolute Gasteiger partial charge is 0.203 e. The van der Waals surface area contributed by atoms with Crippen LogP contribution in [0.25, 0.3) is 11.2 Å². The van der Waals surface area contributed by atoms with Gasteiger partial charge in [-0.2, -0.15) is 0 Å². The quantitative estimate of drug-likeness (QED) is 0.657. The lowest BCUT2D eigenvalue weighted by Crippen LogP contribution is -2.56. The van der Waals surface area contributed by atoms with Gasteiger partial charge in [0, 0.05) is 12.7 Å². The lowest BCUT2D eigenvalue weighted by Gasteiger charge is -2.39. The molecule has 4 heterocycles. The summed E-state index contributed by atoms with van der Waals surface area (Å²) in [7, 11) is 0. The van der Waals surface area contributed by atoms with Gasteiger partial charge in [0.05, 0.1) is 19.3 Å². The van der Waals surface area contributed by atoms with Crippen LogP contribution in [0.2, 0.25) is 0 Å². The molecular formula is C14H14FN7. The van der Waals surface area contributed by atoms with Crippen molar-refractivity contribution >= 4 is 17.0 Å². The normalized spacial score (nSPS) is 18.9. The Kier molecular flexibility index (Phi) is 3.06. The van der Waals surface area contributed by atoms with Gasteiger partial charge in [0.1, 0.15) is 24.0 Å². The molecule has 3 aromatic heterocycles. The summed E-state index contributed by atoms with van der Waals surface area (Å²) >= 11 is 0. The molecule has 22 heavy (non-hydrogen) atoms. The largest absolute Gasteiger partial charge is 0.350 e. The van der Waals surface area contributed by atoms with Gasteiger partial charge in [-0.3, -0.25) is 5.01 Å². The molecule has 0 N–H and O–H groups in total. The van der Waals surface area contributed by atoms with Crippen molar-refractivity contribution in [3.63, 3.8) is 0 Å². The first-order chi connectivity index (χ1) is 10.8. The van der Waals surface area contributed by atoms with E-state index in [0.717, 1.165) is 5.82 Å². The Morgan fingerprint density at radius 2 is 2.09 bits per heavy atom. The minimum absolute atomic E-state index is 0.252. The van der Waals surface area contributed by atoms with Crippen LogP contribution in [0, 0.1) is 0 Å². The zero-order valence-corrected chi connectivity index (χ0v) is 11.7. The van der Waals surface area contributed by atoms with E-state index in [-0.39, 0.29) is 6.54 Å². The number of alkyl halides is 1. The van der Waals surface area contributed by atoms with E-state index in [9.17, 15) is 4.39 Å². The highest BCUT2D eigenvalue weighted by Crippen LogP contribution is 2.18. The van der Waals surface area contributed by atoms with Gasteiger partial charge in [0.15, 0.2) is 5.65 Å². The van der Waals surface area contributed by atoms with Crippen LogP contribution in [0.5, 0.6) is 0 Å². The molecule has 0 radical (unpaired) electrons. The number of aromatic nitrogens is 5. The molecule has 0 saturated carbocycles. The molecule has 0 bridgehead atoms. The number of hydrogen-bond donors (Lipinski definition) is 0. The number of imidazole rings is 1. The molecule has 1 unspecified atom stereocenters. The summed E-state index contributed by atoms with van der Waals surface area (Å²) in [6.07, 6.45) is 5.20. The Morgan fingerprint density at radius 3 is 2.91 bits per heavy atom. The maximum Gasteiger partial charge on any atom is 0.203 e. The molecule has 1 aliphatic heterocycles. The van der Waals surface area contributed by atoms with Gasteiger partial charge >= 0.3 is 0 Å². The SMILES string of the molecule is FC1CN(c2ccccn2)CCN1n1cnc2cncnc21. The number of rotatable bonds is 2. The average Bonchev–Trinajstić information content (AvgIpc) is 2.99. The topological polar surface area (TPSA) is 63.0 Å². The molecule has 1 saturated heterocycles. The van der Waals surface area contributed by atoms with Gasteiger partial charge in [0.25, 0.3) is 0 Å². The third-order valence-corrected chi connectivity index (χ3v) is 3.74. The molecule has 0 spiro atoms. The van der Waals surface area contributed by atoms with Crippen molar-refractivity contribution in [1.82, 2.24) is 24.6 Å². The van der Waals surface area contributed by atoms with Crippen molar-refractivity contribution in [2.75, 3.05) is 29.5 Å². The van der Waals surface area contributed by atoms with Gasteiger partial charge in [-0.1, -0.05) is 6.07 Å². The maximum absolute atomic E-state index is 14.6. The van der Waals surface area contributed by atoms with E-state index in [2.05, 4.69) is 19.9 Å². The lowest BCUT2D eigenvalue weighted by molar-refractivity contribution is 0.254. The summed E-state index contributed by atoms with van der Waals surface area (Å²) in [5.41, 5.74) is 1.27. The minimum atomic E-state index is -1.16. The number of nitrogens with zero attached hydrogens (tertiary/aromatic N) is 7. The zero-order valence-electron chi connectivity index (χ0n) is 11.7. The van der Waals surface area contributed by atoms with Gasteiger partial charge in [-0.25, -0.2) is 29.0 Å². The van der Waals surface area contributed by atoms with Crippen molar-refractivity contribution < 1.29 is 4.39 Å². The number of pyridine rings is 1. The molecule has 4 rings (SSSR count). The van der Waals surface area contributed by atoms with Crippen molar-refractivity contribution in [3.8, 4) is 0 Å². The number of halogens is 1. The first kappa shape index (κ1) is 12.9. The van der Waals surface area contributed by atoms with Crippen molar-refractivity contribution in [2.45, 2.75) is 6.30 Å². The van der Waals surface area contributed by atoms with E-state index in [0.29, 0.717) is 24.3 Å². The number of fused-ring (bicyclic) bond motifs is 1. The van der Waals surface area contributed by atoms with E-state index in [1.807, 2.05) is 23.1 Å².